The molecule has 142 valence electrons. The van der Waals surface area contributed by atoms with Gasteiger partial charge in [-0.05, 0) is 10.1 Å². The monoisotopic (exact) mass is 384 g/mol. The van der Waals surface area contributed by atoms with Crippen LogP contribution in [0.4, 0.5) is 0 Å². The molecule has 0 bridgehead atoms. The lowest BCUT2D eigenvalue weighted by molar-refractivity contribution is 0.165. The zero-order valence-electron chi connectivity index (χ0n) is 18.3. The van der Waals surface area contributed by atoms with E-state index in [0.29, 0.717) is 0 Å². The first-order valence-electron chi connectivity index (χ1n) is 9.38. The van der Waals surface area contributed by atoms with Crippen molar-refractivity contribution in [1.29, 1.82) is 0 Å². The number of hydrogen-bond acceptors (Lipinski definition) is 1. The van der Waals surface area contributed by atoms with Gasteiger partial charge in [-0.3, -0.25) is 0 Å². The zero-order chi connectivity index (χ0) is 20.4. The van der Waals surface area contributed by atoms with E-state index < -0.39 is 21.7 Å². The molecular formula is C23H36OSi2. The Hall–Kier alpha value is -1.27. The van der Waals surface area contributed by atoms with Crippen molar-refractivity contribution < 1.29 is 5.11 Å². The van der Waals surface area contributed by atoms with E-state index in [1.165, 1.54) is 0 Å². The van der Waals surface area contributed by atoms with E-state index in [0.717, 1.165) is 5.56 Å². The van der Waals surface area contributed by atoms with Crippen molar-refractivity contribution in [2.75, 3.05) is 0 Å². The predicted octanol–water partition coefficient (Wildman–Crippen LogP) is 5.98. The fourth-order valence-electron chi connectivity index (χ4n) is 1.72. The largest absolute Gasteiger partial charge is 0.364 e. The summed E-state index contributed by atoms with van der Waals surface area (Å²) in [5, 5.41) is 11.7. The van der Waals surface area contributed by atoms with Crippen LogP contribution in [0.2, 0.25) is 36.3 Å². The maximum absolute atomic E-state index is 11.4. The van der Waals surface area contributed by atoms with E-state index in [2.05, 4.69) is 90.7 Å². The van der Waals surface area contributed by atoms with Gasteiger partial charge in [0.25, 0.3) is 0 Å². The third-order valence-corrected chi connectivity index (χ3v) is 15.1. The molecule has 1 aromatic carbocycles. The minimum absolute atomic E-state index is 0.143. The molecule has 0 aliphatic heterocycles. The molecular weight excluding hydrogens is 348 g/mol. The highest BCUT2D eigenvalue weighted by atomic mass is 28.3. The topological polar surface area (TPSA) is 20.2 Å². The van der Waals surface area contributed by atoms with Gasteiger partial charge in [0.15, 0.2) is 0 Å². The number of aliphatic hydroxyl groups is 1. The highest BCUT2D eigenvalue weighted by Crippen LogP contribution is 2.37. The number of rotatable bonds is 1. The van der Waals surface area contributed by atoms with Crippen LogP contribution in [0.1, 0.15) is 47.1 Å². The zero-order valence-corrected chi connectivity index (χ0v) is 20.3. The number of benzene rings is 1. The van der Waals surface area contributed by atoms with E-state index in [1.54, 1.807) is 0 Å². The summed E-state index contributed by atoms with van der Waals surface area (Å²) in [5.41, 5.74) is 6.28. The second-order valence-corrected chi connectivity index (χ2v) is 20.3. The molecule has 0 amide bonds. The molecule has 0 saturated heterocycles. The van der Waals surface area contributed by atoms with Crippen LogP contribution in [0.5, 0.6) is 0 Å². The van der Waals surface area contributed by atoms with Crippen molar-refractivity contribution in [3.8, 4) is 22.9 Å². The Labute approximate surface area is 163 Å². The maximum atomic E-state index is 11.4. The first-order chi connectivity index (χ1) is 11.5. The molecule has 0 fully saturated rings. The van der Waals surface area contributed by atoms with Crippen LogP contribution in [0.25, 0.3) is 0 Å². The normalized spacial score (nSPS) is 13.3. The molecule has 0 aliphatic carbocycles. The van der Waals surface area contributed by atoms with Crippen molar-refractivity contribution in [2.24, 2.45) is 0 Å². The molecule has 0 radical (unpaired) electrons. The Morgan fingerprint density at radius 2 is 1.04 bits per heavy atom. The summed E-state index contributed by atoms with van der Waals surface area (Å²) < 4.78 is 0. The van der Waals surface area contributed by atoms with E-state index in [9.17, 15) is 5.11 Å². The minimum Gasteiger partial charge on any atom is -0.364 e. The first-order valence-corrected chi connectivity index (χ1v) is 15.4. The molecule has 0 heterocycles. The molecule has 1 aromatic rings. The molecule has 1 rings (SSSR count). The summed E-state index contributed by atoms with van der Waals surface area (Å²) in [4.78, 5) is 0. The highest BCUT2D eigenvalue weighted by molar-refractivity contribution is 6.88. The predicted molar refractivity (Wildman–Crippen MR) is 120 cm³/mol. The van der Waals surface area contributed by atoms with Crippen molar-refractivity contribution >= 4 is 16.1 Å². The highest BCUT2D eigenvalue weighted by Gasteiger charge is 2.36. The summed E-state index contributed by atoms with van der Waals surface area (Å²) in [5.74, 6) is 6.40. The summed E-state index contributed by atoms with van der Waals surface area (Å²) >= 11 is 0. The second kappa shape index (κ2) is 7.39. The summed E-state index contributed by atoms with van der Waals surface area (Å²) in [6.45, 7) is 22.4. The van der Waals surface area contributed by atoms with Gasteiger partial charge in [-0.15, -0.1) is 11.1 Å². The first kappa shape index (κ1) is 22.8. The lowest BCUT2D eigenvalue weighted by Crippen LogP contribution is -2.37. The van der Waals surface area contributed by atoms with Crippen LogP contribution >= 0.6 is 0 Å². The van der Waals surface area contributed by atoms with Gasteiger partial charge in [-0.2, -0.15) is 0 Å². The molecule has 0 atom stereocenters. The van der Waals surface area contributed by atoms with Crippen LogP contribution in [-0.2, 0) is 5.60 Å². The van der Waals surface area contributed by atoms with E-state index >= 15 is 0 Å². The average Bonchev–Trinajstić information content (AvgIpc) is 2.50. The van der Waals surface area contributed by atoms with Gasteiger partial charge in [-0.1, -0.05) is 110 Å². The maximum Gasteiger partial charge on any atom is 0.212 e. The Bertz CT molecular complexity index is 695. The van der Waals surface area contributed by atoms with Crippen molar-refractivity contribution in [3.63, 3.8) is 0 Å². The van der Waals surface area contributed by atoms with E-state index in [4.69, 9.17) is 0 Å². The van der Waals surface area contributed by atoms with E-state index in [-0.39, 0.29) is 10.1 Å². The van der Waals surface area contributed by atoms with Crippen molar-refractivity contribution in [2.45, 2.75) is 83.4 Å². The quantitative estimate of drug-likeness (QED) is 0.466. The smallest absolute Gasteiger partial charge is 0.212 e. The standard InChI is InChI=1S/C23H36OSi2/c1-21(2,3)25(7,8)18-16-23(24,20-14-12-11-13-15-20)17-19-26(9,10)22(4,5)6/h11-15,24H,1-10H3. The Morgan fingerprint density at radius 1 is 0.692 bits per heavy atom. The Kier molecular flexibility index (Phi) is 6.48. The summed E-state index contributed by atoms with van der Waals surface area (Å²) in [6, 6.07) is 9.65. The average molecular weight is 385 g/mol. The van der Waals surface area contributed by atoms with Gasteiger partial charge >= 0.3 is 0 Å². The molecule has 0 spiro atoms. The summed E-state index contributed by atoms with van der Waals surface area (Å²) in [7, 11) is -3.67. The van der Waals surface area contributed by atoms with Crippen LogP contribution in [0, 0.1) is 22.9 Å². The third-order valence-electron chi connectivity index (χ3n) is 6.05. The fourth-order valence-corrected chi connectivity index (χ4v) is 3.46. The molecule has 0 aliphatic rings. The molecule has 3 heteroatoms. The van der Waals surface area contributed by atoms with Crippen molar-refractivity contribution in [3.05, 3.63) is 35.9 Å². The summed E-state index contributed by atoms with van der Waals surface area (Å²) in [6.07, 6.45) is 0. The molecule has 1 N–H and O–H groups in total. The van der Waals surface area contributed by atoms with Gasteiger partial charge in [0.2, 0.25) is 5.60 Å². The van der Waals surface area contributed by atoms with Crippen LogP contribution in [0.15, 0.2) is 30.3 Å². The second-order valence-electron chi connectivity index (χ2n) is 10.3. The van der Waals surface area contributed by atoms with Crippen LogP contribution in [-0.4, -0.2) is 21.3 Å². The van der Waals surface area contributed by atoms with Gasteiger partial charge in [-0.25, -0.2) is 0 Å². The van der Waals surface area contributed by atoms with Gasteiger partial charge in [0.05, 0.1) is 0 Å². The SMILES string of the molecule is CC(C)(C)[Si](C)(C)C#CC(O)(C#C[Si](C)(C)C(C)(C)C)c1ccccc1. The minimum atomic E-state index is -1.84. The molecule has 0 saturated carbocycles. The van der Waals surface area contributed by atoms with E-state index in [1.807, 2.05) is 30.3 Å². The van der Waals surface area contributed by atoms with Crippen molar-refractivity contribution in [1.82, 2.24) is 0 Å². The molecule has 0 aromatic heterocycles. The Morgan fingerprint density at radius 3 is 1.35 bits per heavy atom. The Balaban J connectivity index is 3.52. The van der Waals surface area contributed by atoms with Crippen LogP contribution < -0.4 is 0 Å². The van der Waals surface area contributed by atoms with Gasteiger partial charge in [0.1, 0.15) is 16.1 Å². The third kappa shape index (κ3) is 5.37. The van der Waals surface area contributed by atoms with Crippen LogP contribution in [0.3, 0.4) is 0 Å². The number of hydrogen-bond donors (Lipinski definition) is 1. The molecule has 1 nitrogen and oxygen atoms in total. The fraction of sp³-hybridized carbons (Fsp3) is 0.565. The molecule has 26 heavy (non-hydrogen) atoms. The lowest BCUT2D eigenvalue weighted by Gasteiger charge is -2.33. The van der Waals surface area contributed by atoms with Gasteiger partial charge in [0, 0.05) is 5.56 Å². The van der Waals surface area contributed by atoms with Gasteiger partial charge < -0.3 is 5.11 Å². The lowest BCUT2D eigenvalue weighted by atomic mass is 9.96. The molecule has 0 unspecified atom stereocenters.